The third kappa shape index (κ3) is 3.42. The van der Waals surface area contributed by atoms with E-state index in [1.807, 2.05) is 35.2 Å². The number of likely N-dealkylation sites (tertiary alicyclic amines) is 2. The number of rotatable bonds is 3. The summed E-state index contributed by atoms with van der Waals surface area (Å²) in [5.74, 6) is 0.721. The summed E-state index contributed by atoms with van der Waals surface area (Å²) in [4.78, 5) is 22.3. The minimum atomic E-state index is -0.138. The molecular formula is C23H29N3O2. The van der Waals surface area contributed by atoms with Gasteiger partial charge in [0.15, 0.2) is 0 Å². The Bertz CT molecular complexity index is 859. The Hall–Kier alpha value is -1.98. The molecule has 0 bridgehead atoms. The first kappa shape index (κ1) is 18.1. The molecule has 1 spiro atoms. The molecule has 28 heavy (non-hydrogen) atoms. The van der Waals surface area contributed by atoms with Gasteiger partial charge < -0.3 is 14.5 Å². The normalized spacial score (nSPS) is 28.4. The van der Waals surface area contributed by atoms with Crippen molar-refractivity contribution in [3.8, 4) is 0 Å². The topological polar surface area (TPSA) is 45.7 Å². The molecule has 5 heteroatoms. The van der Waals surface area contributed by atoms with E-state index in [1.54, 1.807) is 6.20 Å². The van der Waals surface area contributed by atoms with E-state index in [2.05, 4.69) is 9.88 Å². The summed E-state index contributed by atoms with van der Waals surface area (Å²) in [5, 5.41) is 0.939. The molecule has 4 heterocycles. The Morgan fingerprint density at radius 2 is 2.04 bits per heavy atom. The third-order valence-corrected chi connectivity index (χ3v) is 6.70. The quantitative estimate of drug-likeness (QED) is 0.821. The number of piperidine rings is 1. The second kappa shape index (κ2) is 7.45. The van der Waals surface area contributed by atoms with Gasteiger partial charge in [-0.15, -0.1) is 0 Å². The lowest BCUT2D eigenvalue weighted by atomic mass is 9.86. The number of hydrogen-bond acceptors (Lipinski definition) is 4. The lowest BCUT2D eigenvalue weighted by Gasteiger charge is -2.40. The summed E-state index contributed by atoms with van der Waals surface area (Å²) >= 11 is 0. The lowest BCUT2D eigenvalue weighted by Crippen LogP contribution is -2.50. The van der Waals surface area contributed by atoms with Gasteiger partial charge in [0.1, 0.15) is 0 Å². The summed E-state index contributed by atoms with van der Waals surface area (Å²) < 4.78 is 6.38. The molecule has 148 valence electrons. The highest BCUT2D eigenvalue weighted by Gasteiger charge is 2.45. The smallest absolute Gasteiger partial charge is 0.254 e. The van der Waals surface area contributed by atoms with Gasteiger partial charge in [-0.05, 0) is 69.3 Å². The fourth-order valence-electron chi connectivity index (χ4n) is 5.40. The van der Waals surface area contributed by atoms with Crippen LogP contribution in [0.2, 0.25) is 0 Å². The zero-order valence-corrected chi connectivity index (χ0v) is 16.5. The van der Waals surface area contributed by atoms with Crippen molar-refractivity contribution in [2.75, 3.05) is 39.3 Å². The molecule has 1 amide bonds. The zero-order valence-electron chi connectivity index (χ0n) is 16.5. The average molecular weight is 380 g/mol. The van der Waals surface area contributed by atoms with E-state index < -0.39 is 0 Å². The van der Waals surface area contributed by atoms with Gasteiger partial charge >= 0.3 is 0 Å². The fraction of sp³-hybridized carbons (Fsp3) is 0.565. The highest BCUT2D eigenvalue weighted by atomic mass is 16.5. The van der Waals surface area contributed by atoms with E-state index in [4.69, 9.17) is 4.74 Å². The van der Waals surface area contributed by atoms with Crippen molar-refractivity contribution in [2.45, 2.75) is 37.7 Å². The minimum absolute atomic E-state index is 0.115. The zero-order chi connectivity index (χ0) is 19.0. The molecular weight excluding hydrogens is 350 g/mol. The number of benzene rings is 1. The molecule has 5 rings (SSSR count). The molecule has 3 aliphatic heterocycles. The van der Waals surface area contributed by atoms with Crippen molar-refractivity contribution in [1.82, 2.24) is 14.8 Å². The van der Waals surface area contributed by atoms with Crippen molar-refractivity contribution >= 4 is 16.8 Å². The van der Waals surface area contributed by atoms with E-state index >= 15 is 0 Å². The van der Waals surface area contributed by atoms with Crippen molar-refractivity contribution < 1.29 is 9.53 Å². The van der Waals surface area contributed by atoms with Crippen LogP contribution in [0.5, 0.6) is 0 Å². The molecule has 1 aromatic heterocycles. The van der Waals surface area contributed by atoms with Gasteiger partial charge in [0.05, 0.1) is 17.7 Å². The Balaban J connectivity index is 1.31. The van der Waals surface area contributed by atoms with Crippen LogP contribution in [0, 0.1) is 5.92 Å². The van der Waals surface area contributed by atoms with Crippen LogP contribution in [0.25, 0.3) is 10.9 Å². The van der Waals surface area contributed by atoms with Crippen molar-refractivity contribution in [3.05, 3.63) is 42.1 Å². The van der Waals surface area contributed by atoms with Crippen LogP contribution in [0.4, 0.5) is 0 Å². The van der Waals surface area contributed by atoms with Gasteiger partial charge in [-0.3, -0.25) is 9.78 Å². The molecule has 0 radical (unpaired) electrons. The van der Waals surface area contributed by atoms with Gasteiger partial charge in [-0.1, -0.05) is 12.1 Å². The van der Waals surface area contributed by atoms with E-state index in [0.717, 1.165) is 62.0 Å². The summed E-state index contributed by atoms with van der Waals surface area (Å²) in [6, 6.07) is 9.72. The number of carbonyl (C=O) groups is 1. The molecule has 0 aliphatic carbocycles. The molecule has 0 saturated carbocycles. The number of hydrogen-bond donors (Lipinski definition) is 0. The number of pyridine rings is 1. The number of amides is 1. The predicted octanol–water partition coefficient (Wildman–Crippen LogP) is 3.34. The molecule has 0 unspecified atom stereocenters. The maximum Gasteiger partial charge on any atom is 0.254 e. The molecule has 1 aromatic carbocycles. The van der Waals surface area contributed by atoms with Gasteiger partial charge in [0, 0.05) is 36.8 Å². The third-order valence-electron chi connectivity index (χ3n) is 6.70. The van der Waals surface area contributed by atoms with E-state index in [-0.39, 0.29) is 11.5 Å². The predicted molar refractivity (Wildman–Crippen MR) is 109 cm³/mol. The van der Waals surface area contributed by atoms with Crippen LogP contribution in [0.3, 0.4) is 0 Å². The number of nitrogens with zero attached hydrogens (tertiary/aromatic N) is 3. The Kier molecular flexibility index (Phi) is 4.81. The van der Waals surface area contributed by atoms with Crippen LogP contribution < -0.4 is 0 Å². The summed E-state index contributed by atoms with van der Waals surface area (Å²) in [6.07, 6.45) is 7.63. The largest absolute Gasteiger partial charge is 0.373 e. The molecule has 3 fully saturated rings. The minimum Gasteiger partial charge on any atom is -0.373 e. The molecule has 0 N–H and O–H groups in total. The molecule has 3 saturated heterocycles. The number of ether oxygens (including phenoxy) is 1. The van der Waals surface area contributed by atoms with E-state index in [1.165, 1.54) is 25.9 Å². The SMILES string of the molecule is O=C(c1cccc2ncccc12)N1CCC[C@]2(C[C@H](CN3CCCC3)CO2)C1. The Morgan fingerprint density at radius 3 is 2.93 bits per heavy atom. The monoisotopic (exact) mass is 379 g/mol. The first-order chi connectivity index (χ1) is 13.7. The molecule has 3 aliphatic rings. The Labute approximate surface area is 166 Å². The van der Waals surface area contributed by atoms with Crippen LogP contribution in [0.1, 0.15) is 42.5 Å². The Morgan fingerprint density at radius 1 is 1.14 bits per heavy atom. The second-order valence-corrected chi connectivity index (χ2v) is 8.78. The van der Waals surface area contributed by atoms with Gasteiger partial charge in [-0.2, -0.15) is 0 Å². The van der Waals surface area contributed by atoms with Crippen molar-refractivity contribution in [1.29, 1.82) is 0 Å². The average Bonchev–Trinajstić information content (AvgIpc) is 3.38. The highest BCUT2D eigenvalue weighted by Crippen LogP contribution is 2.38. The first-order valence-electron chi connectivity index (χ1n) is 10.7. The van der Waals surface area contributed by atoms with Gasteiger partial charge in [0.2, 0.25) is 0 Å². The summed E-state index contributed by atoms with van der Waals surface area (Å²) in [7, 11) is 0. The van der Waals surface area contributed by atoms with Crippen molar-refractivity contribution in [2.24, 2.45) is 5.92 Å². The molecule has 2 aromatic rings. The van der Waals surface area contributed by atoms with Crippen molar-refractivity contribution in [3.63, 3.8) is 0 Å². The second-order valence-electron chi connectivity index (χ2n) is 8.78. The number of carbonyl (C=O) groups excluding carboxylic acids is 1. The number of fused-ring (bicyclic) bond motifs is 1. The summed E-state index contributed by atoms with van der Waals surface area (Å²) in [5.41, 5.74) is 1.50. The lowest BCUT2D eigenvalue weighted by molar-refractivity contribution is -0.0450. The van der Waals surface area contributed by atoms with Crippen LogP contribution in [0.15, 0.2) is 36.5 Å². The van der Waals surface area contributed by atoms with Crippen LogP contribution >= 0.6 is 0 Å². The highest BCUT2D eigenvalue weighted by molar-refractivity contribution is 6.06. The van der Waals surface area contributed by atoms with E-state index in [9.17, 15) is 4.79 Å². The van der Waals surface area contributed by atoms with Crippen LogP contribution in [-0.2, 0) is 4.74 Å². The van der Waals surface area contributed by atoms with E-state index in [0.29, 0.717) is 5.92 Å². The van der Waals surface area contributed by atoms with Gasteiger partial charge in [-0.25, -0.2) is 0 Å². The molecule has 2 atom stereocenters. The number of aromatic nitrogens is 1. The standard InChI is InChI=1S/C23H29N3O2/c27-22(20-6-3-8-21-19(20)7-4-10-24-21)26-13-5-9-23(17-26)14-18(16-28-23)15-25-11-1-2-12-25/h3-4,6-8,10,18H,1-2,5,9,11-17H2/t18-,23+/m1/s1. The first-order valence-corrected chi connectivity index (χ1v) is 10.7. The van der Waals surface area contributed by atoms with Crippen LogP contribution in [-0.4, -0.2) is 65.6 Å². The molecule has 5 nitrogen and oxygen atoms in total. The maximum atomic E-state index is 13.3. The maximum absolute atomic E-state index is 13.3. The summed E-state index contributed by atoms with van der Waals surface area (Å²) in [6.45, 7) is 6.02. The van der Waals surface area contributed by atoms with Gasteiger partial charge in [0.25, 0.3) is 5.91 Å². The fourth-order valence-corrected chi connectivity index (χ4v) is 5.40.